The molecule has 4 rings (SSSR count). The zero-order chi connectivity index (χ0) is 15.7. The van der Waals surface area contributed by atoms with E-state index in [1.54, 1.807) is 0 Å². The van der Waals surface area contributed by atoms with E-state index in [4.69, 9.17) is 9.47 Å². The van der Waals surface area contributed by atoms with Crippen LogP contribution in [0.15, 0.2) is 11.6 Å². The fourth-order valence-corrected chi connectivity index (χ4v) is 4.26. The molecule has 3 fully saturated rings. The molecule has 2 aliphatic heterocycles. The zero-order valence-electron chi connectivity index (χ0n) is 14.1. The van der Waals surface area contributed by atoms with E-state index in [1.165, 1.54) is 19.3 Å². The van der Waals surface area contributed by atoms with Crippen molar-refractivity contribution in [2.45, 2.75) is 69.5 Å². The van der Waals surface area contributed by atoms with Gasteiger partial charge in [-0.1, -0.05) is 6.08 Å². The van der Waals surface area contributed by atoms with Gasteiger partial charge in [-0.2, -0.15) is 0 Å². The highest BCUT2D eigenvalue weighted by Gasteiger charge is 2.45. The van der Waals surface area contributed by atoms with Gasteiger partial charge in [-0.25, -0.2) is 0 Å². The summed E-state index contributed by atoms with van der Waals surface area (Å²) in [5, 5.41) is 0. The van der Waals surface area contributed by atoms with Crippen LogP contribution in [0.1, 0.15) is 57.8 Å². The molecule has 0 N–H and O–H groups in total. The number of piperidine rings is 1. The third kappa shape index (κ3) is 3.63. The third-order valence-corrected chi connectivity index (χ3v) is 5.83. The first kappa shape index (κ1) is 15.6. The van der Waals surface area contributed by atoms with Gasteiger partial charge in [-0.3, -0.25) is 4.79 Å². The van der Waals surface area contributed by atoms with Crippen LogP contribution in [0, 0.1) is 5.92 Å². The van der Waals surface area contributed by atoms with Gasteiger partial charge < -0.3 is 14.4 Å². The van der Waals surface area contributed by atoms with Crippen molar-refractivity contribution in [3.63, 3.8) is 0 Å². The SMILES string of the molecule is O=C(C1=CCCCC1)N1CCC[C@]2(C[C@@H](OCC3CC3)CO2)C1. The van der Waals surface area contributed by atoms with E-state index in [0.29, 0.717) is 6.61 Å². The summed E-state index contributed by atoms with van der Waals surface area (Å²) >= 11 is 0. The normalized spacial score (nSPS) is 34.7. The van der Waals surface area contributed by atoms with Crippen molar-refractivity contribution >= 4 is 5.91 Å². The number of nitrogens with zero attached hydrogens (tertiary/aromatic N) is 1. The standard InChI is InChI=1S/C19H29NO3/c21-18(16-5-2-1-3-6-16)20-10-4-9-19(14-20)11-17(13-23-19)22-12-15-7-8-15/h5,15,17H,1-4,6-14H2/t17-,19+/m1/s1. The Bertz CT molecular complexity index is 485. The van der Waals surface area contributed by atoms with Crippen LogP contribution in [0.3, 0.4) is 0 Å². The Morgan fingerprint density at radius 2 is 2.26 bits per heavy atom. The average Bonchev–Trinajstić information content (AvgIpc) is 3.35. The molecule has 128 valence electrons. The molecular weight excluding hydrogens is 290 g/mol. The van der Waals surface area contributed by atoms with Crippen LogP contribution in [-0.4, -0.2) is 48.8 Å². The summed E-state index contributed by atoms with van der Waals surface area (Å²) < 4.78 is 12.2. The number of allylic oxidation sites excluding steroid dienone is 1. The second-order valence-electron chi connectivity index (χ2n) is 7.90. The number of hydrogen-bond acceptors (Lipinski definition) is 3. The lowest BCUT2D eigenvalue weighted by Gasteiger charge is -2.40. The fraction of sp³-hybridized carbons (Fsp3) is 0.842. The Morgan fingerprint density at radius 1 is 1.35 bits per heavy atom. The average molecular weight is 319 g/mol. The molecule has 1 spiro atoms. The van der Waals surface area contributed by atoms with E-state index in [0.717, 1.165) is 69.7 Å². The first-order valence-electron chi connectivity index (χ1n) is 9.48. The Kier molecular flexibility index (Phi) is 4.46. The van der Waals surface area contributed by atoms with Crippen molar-refractivity contribution in [3.05, 3.63) is 11.6 Å². The Balaban J connectivity index is 1.34. The smallest absolute Gasteiger partial charge is 0.249 e. The fourth-order valence-electron chi connectivity index (χ4n) is 4.26. The number of likely N-dealkylation sites (tertiary alicyclic amines) is 1. The lowest BCUT2D eigenvalue weighted by atomic mass is 9.88. The van der Waals surface area contributed by atoms with E-state index in [1.807, 2.05) is 4.90 Å². The summed E-state index contributed by atoms with van der Waals surface area (Å²) in [6.07, 6.45) is 12.5. The summed E-state index contributed by atoms with van der Waals surface area (Å²) in [6, 6.07) is 0. The van der Waals surface area contributed by atoms with Crippen molar-refractivity contribution < 1.29 is 14.3 Å². The van der Waals surface area contributed by atoms with E-state index in [-0.39, 0.29) is 17.6 Å². The van der Waals surface area contributed by atoms with Crippen molar-refractivity contribution in [2.75, 3.05) is 26.3 Å². The second kappa shape index (κ2) is 6.56. The molecule has 2 saturated heterocycles. The van der Waals surface area contributed by atoms with Crippen LogP contribution in [0.4, 0.5) is 0 Å². The lowest BCUT2D eigenvalue weighted by molar-refractivity contribution is -0.135. The molecule has 1 amide bonds. The minimum Gasteiger partial charge on any atom is -0.375 e. The molecule has 2 aliphatic carbocycles. The topological polar surface area (TPSA) is 38.8 Å². The maximum Gasteiger partial charge on any atom is 0.249 e. The highest BCUT2D eigenvalue weighted by molar-refractivity contribution is 5.93. The van der Waals surface area contributed by atoms with Gasteiger partial charge in [0, 0.05) is 25.1 Å². The Hall–Kier alpha value is -0.870. The van der Waals surface area contributed by atoms with Crippen molar-refractivity contribution in [2.24, 2.45) is 5.92 Å². The van der Waals surface area contributed by atoms with Crippen molar-refractivity contribution in [1.82, 2.24) is 4.90 Å². The first-order valence-corrected chi connectivity index (χ1v) is 9.48. The number of hydrogen-bond donors (Lipinski definition) is 0. The maximum atomic E-state index is 12.8. The number of rotatable bonds is 4. The lowest BCUT2D eigenvalue weighted by Crippen LogP contribution is -2.50. The van der Waals surface area contributed by atoms with Gasteiger partial charge in [0.25, 0.3) is 0 Å². The number of carbonyl (C=O) groups excluding carboxylic acids is 1. The van der Waals surface area contributed by atoms with Crippen LogP contribution in [0.2, 0.25) is 0 Å². The van der Waals surface area contributed by atoms with Gasteiger partial charge in [0.2, 0.25) is 5.91 Å². The predicted molar refractivity (Wildman–Crippen MR) is 88.1 cm³/mol. The molecule has 2 heterocycles. The van der Waals surface area contributed by atoms with Gasteiger partial charge in [0.15, 0.2) is 0 Å². The molecule has 1 saturated carbocycles. The zero-order valence-corrected chi connectivity index (χ0v) is 14.1. The Labute approximate surface area is 139 Å². The highest BCUT2D eigenvalue weighted by atomic mass is 16.6. The summed E-state index contributed by atoms with van der Waals surface area (Å²) in [5.74, 6) is 1.06. The van der Waals surface area contributed by atoms with E-state index >= 15 is 0 Å². The molecule has 4 heteroatoms. The molecule has 0 aromatic heterocycles. The van der Waals surface area contributed by atoms with Crippen LogP contribution in [-0.2, 0) is 14.3 Å². The van der Waals surface area contributed by atoms with E-state index < -0.39 is 0 Å². The number of amides is 1. The molecule has 0 unspecified atom stereocenters. The van der Waals surface area contributed by atoms with Crippen LogP contribution >= 0.6 is 0 Å². The molecule has 23 heavy (non-hydrogen) atoms. The molecule has 4 aliphatic rings. The predicted octanol–water partition coefficient (Wildman–Crippen LogP) is 3.06. The molecule has 0 bridgehead atoms. The summed E-state index contributed by atoms with van der Waals surface area (Å²) in [6.45, 7) is 3.25. The third-order valence-electron chi connectivity index (χ3n) is 5.83. The minimum absolute atomic E-state index is 0.142. The molecule has 4 nitrogen and oxygen atoms in total. The summed E-state index contributed by atoms with van der Waals surface area (Å²) in [5.41, 5.74) is 0.894. The largest absolute Gasteiger partial charge is 0.375 e. The first-order chi connectivity index (χ1) is 11.2. The maximum absolute atomic E-state index is 12.8. The second-order valence-corrected chi connectivity index (χ2v) is 7.90. The van der Waals surface area contributed by atoms with Crippen LogP contribution in [0.25, 0.3) is 0 Å². The van der Waals surface area contributed by atoms with Gasteiger partial charge >= 0.3 is 0 Å². The monoisotopic (exact) mass is 319 g/mol. The van der Waals surface area contributed by atoms with Gasteiger partial charge in [0.1, 0.15) is 0 Å². The molecular formula is C19H29NO3. The van der Waals surface area contributed by atoms with Gasteiger partial charge in [-0.05, 0) is 57.3 Å². The minimum atomic E-state index is -0.142. The number of ether oxygens (including phenoxy) is 2. The molecule has 0 aromatic carbocycles. The van der Waals surface area contributed by atoms with Crippen LogP contribution in [0.5, 0.6) is 0 Å². The van der Waals surface area contributed by atoms with Crippen molar-refractivity contribution in [3.8, 4) is 0 Å². The van der Waals surface area contributed by atoms with Gasteiger partial charge in [0.05, 0.1) is 24.9 Å². The highest BCUT2D eigenvalue weighted by Crippen LogP contribution is 2.38. The quantitative estimate of drug-likeness (QED) is 0.799. The summed E-state index contributed by atoms with van der Waals surface area (Å²) in [7, 11) is 0. The van der Waals surface area contributed by atoms with E-state index in [2.05, 4.69) is 6.08 Å². The molecule has 2 atom stereocenters. The summed E-state index contributed by atoms with van der Waals surface area (Å²) in [4.78, 5) is 14.8. The number of carbonyl (C=O) groups is 1. The van der Waals surface area contributed by atoms with Crippen molar-refractivity contribution in [1.29, 1.82) is 0 Å². The van der Waals surface area contributed by atoms with Crippen LogP contribution < -0.4 is 0 Å². The molecule has 0 radical (unpaired) electrons. The van der Waals surface area contributed by atoms with Gasteiger partial charge in [-0.15, -0.1) is 0 Å². The molecule has 0 aromatic rings. The Morgan fingerprint density at radius 3 is 3.04 bits per heavy atom. The van der Waals surface area contributed by atoms with E-state index in [9.17, 15) is 4.79 Å².